The highest BCUT2D eigenvalue weighted by atomic mass is 35.5. The first-order valence-corrected chi connectivity index (χ1v) is 17.8. The number of carboxylic acid groups (broad SMARTS) is 1. The molecule has 0 saturated heterocycles. The molecule has 2 aromatic carbocycles. The third kappa shape index (κ3) is 13.2. The van der Waals surface area contributed by atoms with Gasteiger partial charge in [-0.05, 0) is 24.3 Å². The standard InChI is InChI=1S/C20H21F2N3O4.C19H18F2N2O4.CH5NO.ClH/c1-24(27)20(26)18-8-16-14(12-29-6-5-28-2)11-25(19(16)9-23-18)10-13-3-4-15(21)7-17(13)22;1-26-4-5-27-11-13-10-23(9-12-2-3-14(20)6-16(12)21)18-8-22-17(19(24)25)7-15(13)18;1-2-3;/h3-4,7-9,11,27H,5-6,10,12H2,1-2H3;2-3,6-8,10H,4-5,9,11H2,1H3,(H,24,25);2-3H,1H3;1H. The molecule has 324 valence electrons. The van der Waals surface area contributed by atoms with Crippen molar-refractivity contribution in [2.24, 2.45) is 0 Å². The van der Waals surface area contributed by atoms with E-state index in [2.05, 4.69) is 9.97 Å². The maximum absolute atomic E-state index is 14.1. The van der Waals surface area contributed by atoms with Gasteiger partial charge in [-0.2, -0.15) is 0 Å². The highest BCUT2D eigenvalue weighted by molar-refractivity contribution is 5.96. The van der Waals surface area contributed by atoms with E-state index in [1.54, 1.807) is 47.3 Å². The minimum absolute atomic E-state index is 0. The van der Waals surface area contributed by atoms with Gasteiger partial charge < -0.3 is 38.4 Å². The zero-order chi connectivity index (χ0) is 43.1. The molecular weight excluding hydrogens is 820 g/mol. The molecule has 20 heteroatoms. The summed E-state index contributed by atoms with van der Waals surface area (Å²) in [7, 11) is 5.78. The zero-order valence-electron chi connectivity index (χ0n) is 33.0. The smallest absolute Gasteiger partial charge is 0.354 e. The number of aromatic nitrogens is 4. The Balaban J connectivity index is 0.000000297. The zero-order valence-corrected chi connectivity index (χ0v) is 33.8. The van der Waals surface area contributed by atoms with Crippen LogP contribution in [0.5, 0.6) is 0 Å². The molecule has 4 heterocycles. The van der Waals surface area contributed by atoms with Crippen molar-refractivity contribution in [1.29, 1.82) is 0 Å². The van der Waals surface area contributed by atoms with Crippen molar-refractivity contribution in [2.75, 3.05) is 54.7 Å². The van der Waals surface area contributed by atoms with Gasteiger partial charge in [-0.1, -0.05) is 12.1 Å². The van der Waals surface area contributed by atoms with Crippen LogP contribution in [0.2, 0.25) is 0 Å². The molecule has 0 aliphatic rings. The third-order valence-electron chi connectivity index (χ3n) is 8.52. The predicted molar refractivity (Wildman–Crippen MR) is 212 cm³/mol. The van der Waals surface area contributed by atoms with Gasteiger partial charge >= 0.3 is 5.97 Å². The molecule has 0 bridgehead atoms. The number of fused-ring (bicyclic) bond motifs is 2. The van der Waals surface area contributed by atoms with Gasteiger partial charge in [0.25, 0.3) is 5.91 Å². The summed E-state index contributed by atoms with van der Waals surface area (Å²) in [6, 6.07) is 9.84. The Morgan fingerprint density at radius 3 is 1.52 bits per heavy atom. The van der Waals surface area contributed by atoms with Crippen LogP contribution in [-0.4, -0.2) is 106 Å². The number of carbonyl (C=O) groups excluding carboxylic acids is 1. The van der Waals surface area contributed by atoms with E-state index < -0.39 is 35.1 Å². The second kappa shape index (κ2) is 23.9. The first-order chi connectivity index (χ1) is 28.3. The lowest BCUT2D eigenvalue weighted by molar-refractivity contribution is -0.0379. The van der Waals surface area contributed by atoms with Gasteiger partial charge in [-0.25, -0.2) is 42.9 Å². The van der Waals surface area contributed by atoms with Gasteiger partial charge in [0.05, 0.1) is 76.2 Å². The SMILES string of the molecule is CNO.COCCOCc1cn(Cc2ccc(F)cc2F)c2cnc(C(=O)N(C)O)cc12.COCCOCc1cn(Cc2ccc(F)cc2F)c2cnc(C(=O)O)cc12.Cl. The van der Waals surface area contributed by atoms with Gasteiger partial charge in [-0.3, -0.25) is 10.0 Å². The Labute approximate surface area is 348 Å². The largest absolute Gasteiger partial charge is 0.477 e. The number of benzene rings is 2. The van der Waals surface area contributed by atoms with Gasteiger partial charge in [0.2, 0.25) is 0 Å². The number of rotatable bonds is 16. The number of hydrogen-bond donors (Lipinski definition) is 4. The Hall–Kier alpha value is -5.51. The van der Waals surface area contributed by atoms with Crippen LogP contribution in [0, 0.1) is 23.3 Å². The predicted octanol–water partition coefficient (Wildman–Crippen LogP) is 6.23. The maximum Gasteiger partial charge on any atom is 0.354 e. The number of ether oxygens (including phenoxy) is 4. The number of carbonyl (C=O) groups is 2. The quantitative estimate of drug-likeness (QED) is 0.0373. The highest BCUT2D eigenvalue weighted by Crippen LogP contribution is 2.26. The topological polar surface area (TPSA) is 183 Å². The Morgan fingerprint density at radius 1 is 0.717 bits per heavy atom. The van der Waals surface area contributed by atoms with Crippen molar-refractivity contribution >= 4 is 46.1 Å². The summed E-state index contributed by atoms with van der Waals surface area (Å²) in [6.07, 6.45) is 6.44. The average Bonchev–Trinajstić information content (AvgIpc) is 3.73. The minimum atomic E-state index is -1.14. The number of halogens is 5. The lowest BCUT2D eigenvalue weighted by Crippen LogP contribution is -2.23. The Morgan fingerprint density at radius 2 is 1.13 bits per heavy atom. The fourth-order valence-electron chi connectivity index (χ4n) is 5.73. The van der Waals surface area contributed by atoms with Crippen LogP contribution < -0.4 is 5.48 Å². The van der Waals surface area contributed by atoms with E-state index >= 15 is 0 Å². The number of methoxy groups -OCH3 is 2. The number of carboxylic acids is 1. The summed E-state index contributed by atoms with van der Waals surface area (Å²) in [5.41, 5.74) is 5.13. The lowest BCUT2D eigenvalue weighted by Gasteiger charge is -2.09. The van der Waals surface area contributed by atoms with Gasteiger partial charge in [-0.15, -0.1) is 12.4 Å². The molecule has 0 fully saturated rings. The van der Waals surface area contributed by atoms with Crippen LogP contribution in [0.15, 0.2) is 73.3 Å². The van der Waals surface area contributed by atoms with Gasteiger partial charge in [0.15, 0.2) is 0 Å². The van der Waals surface area contributed by atoms with Gasteiger partial charge in [0, 0.05) is 85.9 Å². The second-order valence-electron chi connectivity index (χ2n) is 12.7. The van der Waals surface area contributed by atoms with Crippen molar-refractivity contribution in [1.82, 2.24) is 29.6 Å². The van der Waals surface area contributed by atoms with E-state index in [4.69, 9.17) is 24.2 Å². The van der Waals surface area contributed by atoms with Crippen LogP contribution in [-0.2, 0) is 45.3 Å². The number of nitrogens with one attached hydrogen (secondary N) is 1. The molecule has 0 aliphatic heterocycles. The van der Waals surface area contributed by atoms with Crippen molar-refractivity contribution in [3.8, 4) is 0 Å². The summed E-state index contributed by atoms with van der Waals surface area (Å²) in [5.74, 6) is -4.38. The number of amides is 1. The summed E-state index contributed by atoms with van der Waals surface area (Å²) in [4.78, 5) is 31.3. The number of pyridine rings is 2. The average molecular weight is 865 g/mol. The molecule has 0 radical (unpaired) electrons. The number of aromatic carboxylic acids is 1. The van der Waals surface area contributed by atoms with E-state index in [0.29, 0.717) is 64.4 Å². The molecule has 6 aromatic rings. The Bertz CT molecular complexity index is 2340. The van der Waals surface area contributed by atoms with Crippen LogP contribution in [0.4, 0.5) is 17.6 Å². The van der Waals surface area contributed by atoms with Gasteiger partial charge in [0.1, 0.15) is 34.7 Å². The van der Waals surface area contributed by atoms with E-state index in [1.165, 1.54) is 56.8 Å². The molecule has 0 spiro atoms. The molecule has 1 amide bonds. The minimum Gasteiger partial charge on any atom is -0.477 e. The van der Waals surface area contributed by atoms with Crippen LogP contribution in [0.1, 0.15) is 43.2 Å². The van der Waals surface area contributed by atoms with Crippen molar-refractivity contribution in [3.05, 3.63) is 130 Å². The first kappa shape index (κ1) is 48.9. The van der Waals surface area contributed by atoms with Crippen LogP contribution in [0.3, 0.4) is 0 Å². The normalized spacial score (nSPS) is 10.8. The molecule has 0 aliphatic carbocycles. The highest BCUT2D eigenvalue weighted by Gasteiger charge is 2.18. The summed E-state index contributed by atoms with van der Waals surface area (Å²) in [5, 5.41) is 27.7. The van der Waals surface area contributed by atoms with Crippen LogP contribution >= 0.6 is 12.4 Å². The summed E-state index contributed by atoms with van der Waals surface area (Å²) in [6.45, 7) is 2.40. The fraction of sp³-hybridized carbons (Fsp3) is 0.300. The maximum atomic E-state index is 14.1. The van der Waals surface area contributed by atoms with E-state index in [-0.39, 0.29) is 50.1 Å². The van der Waals surface area contributed by atoms with Crippen molar-refractivity contribution in [2.45, 2.75) is 26.3 Å². The molecule has 6 rings (SSSR count). The molecule has 15 nitrogen and oxygen atoms in total. The fourth-order valence-corrected chi connectivity index (χ4v) is 5.73. The summed E-state index contributed by atoms with van der Waals surface area (Å²) >= 11 is 0. The number of nitrogens with zero attached hydrogens (tertiary/aromatic N) is 5. The van der Waals surface area contributed by atoms with Crippen LogP contribution in [0.25, 0.3) is 21.8 Å². The first-order valence-electron chi connectivity index (χ1n) is 17.8. The molecule has 4 N–H and O–H groups in total. The Kier molecular flexibility index (Phi) is 19.5. The van der Waals surface area contributed by atoms with Crippen molar-refractivity contribution in [3.63, 3.8) is 0 Å². The van der Waals surface area contributed by atoms with E-state index in [0.717, 1.165) is 23.3 Å². The number of hydrogen-bond acceptors (Lipinski definition) is 11. The molecular formula is C40H45ClF4N6O9. The molecule has 0 saturated carbocycles. The van der Waals surface area contributed by atoms with Crippen molar-refractivity contribution < 1.29 is 61.6 Å². The number of hydroxylamine groups is 3. The molecule has 0 unspecified atom stereocenters. The lowest BCUT2D eigenvalue weighted by atomic mass is 10.2. The molecule has 4 aromatic heterocycles. The van der Waals surface area contributed by atoms with E-state index in [1.807, 2.05) is 0 Å². The summed E-state index contributed by atoms with van der Waals surface area (Å²) < 4.78 is 79.0. The van der Waals surface area contributed by atoms with E-state index in [9.17, 15) is 37.5 Å². The second-order valence-corrected chi connectivity index (χ2v) is 12.7. The monoisotopic (exact) mass is 864 g/mol. The molecule has 0 atom stereocenters. The molecule has 60 heavy (non-hydrogen) atoms. The third-order valence-corrected chi connectivity index (χ3v) is 8.52.